The maximum atomic E-state index is 11.5. The van der Waals surface area contributed by atoms with Crippen molar-refractivity contribution in [1.29, 1.82) is 0 Å². The number of benzene rings is 1. The zero-order chi connectivity index (χ0) is 15.4. The van der Waals surface area contributed by atoms with Crippen LogP contribution in [0.2, 0.25) is 0 Å². The van der Waals surface area contributed by atoms with Crippen molar-refractivity contribution >= 4 is 22.9 Å². The number of amides is 2. The normalized spacial score (nSPS) is 10.6. The van der Waals surface area contributed by atoms with Crippen LogP contribution >= 0.6 is 0 Å². The third-order valence-electron chi connectivity index (χ3n) is 3.45. The van der Waals surface area contributed by atoms with Gasteiger partial charge >= 0.3 is 12.0 Å². The van der Waals surface area contributed by atoms with Crippen LogP contribution in [-0.4, -0.2) is 28.6 Å². The fourth-order valence-electron chi connectivity index (χ4n) is 2.15. The molecule has 0 saturated heterocycles. The van der Waals surface area contributed by atoms with Crippen molar-refractivity contribution < 1.29 is 14.7 Å². The van der Waals surface area contributed by atoms with Crippen LogP contribution in [0.3, 0.4) is 0 Å². The summed E-state index contributed by atoms with van der Waals surface area (Å²) in [6, 6.07) is 5.63. The minimum atomic E-state index is -0.931. The third kappa shape index (κ3) is 3.75. The number of nitrogens with one attached hydrogen (secondary N) is 3. The number of carbonyl (C=O) groups excluding carboxylic acids is 1. The molecule has 0 aliphatic carbocycles. The van der Waals surface area contributed by atoms with Crippen LogP contribution in [0.15, 0.2) is 18.2 Å². The number of hydrogen-bond acceptors (Lipinski definition) is 2. The van der Waals surface area contributed by atoms with Gasteiger partial charge in [-0.25, -0.2) is 4.79 Å². The minimum absolute atomic E-state index is 0.0821. The third-order valence-corrected chi connectivity index (χ3v) is 3.45. The van der Waals surface area contributed by atoms with Crippen LogP contribution in [0.5, 0.6) is 0 Å². The Labute approximate surface area is 122 Å². The Morgan fingerprint density at radius 2 is 2.00 bits per heavy atom. The number of aromatic nitrogens is 1. The van der Waals surface area contributed by atoms with Crippen molar-refractivity contribution in [3.8, 4) is 0 Å². The summed E-state index contributed by atoms with van der Waals surface area (Å²) in [4.78, 5) is 25.2. The van der Waals surface area contributed by atoms with E-state index in [0.29, 0.717) is 6.54 Å². The highest BCUT2D eigenvalue weighted by Gasteiger charge is 2.06. The fourth-order valence-corrected chi connectivity index (χ4v) is 2.15. The van der Waals surface area contributed by atoms with Gasteiger partial charge in [0.15, 0.2) is 0 Å². The van der Waals surface area contributed by atoms with Crippen molar-refractivity contribution in [3.05, 3.63) is 35.0 Å². The molecule has 2 aromatic rings. The SMILES string of the molecule is Cc1[nH]c2ccc(CNC(=O)NCCC(=O)O)cc2c1C. The predicted octanol–water partition coefficient (Wildman–Crippen LogP) is 2.06. The van der Waals surface area contributed by atoms with Gasteiger partial charge in [-0.3, -0.25) is 4.79 Å². The molecule has 1 aromatic carbocycles. The van der Waals surface area contributed by atoms with Crippen LogP contribution in [0.25, 0.3) is 10.9 Å². The highest BCUT2D eigenvalue weighted by molar-refractivity contribution is 5.85. The molecular weight excluding hydrogens is 270 g/mol. The Hall–Kier alpha value is -2.50. The van der Waals surface area contributed by atoms with Crippen LogP contribution < -0.4 is 10.6 Å². The summed E-state index contributed by atoms with van der Waals surface area (Å²) in [6.07, 6.45) is -0.0821. The standard InChI is InChI=1S/C15H19N3O3/c1-9-10(2)18-13-4-3-11(7-12(9)13)8-17-15(21)16-6-5-14(19)20/h3-4,7,18H,5-6,8H2,1-2H3,(H,19,20)(H2,16,17,21). The molecular formula is C15H19N3O3. The number of carboxylic acid groups (broad SMARTS) is 1. The Balaban J connectivity index is 1.92. The molecule has 1 heterocycles. The average molecular weight is 289 g/mol. The van der Waals surface area contributed by atoms with Crippen molar-refractivity contribution in [2.24, 2.45) is 0 Å². The van der Waals surface area contributed by atoms with Gasteiger partial charge in [-0.2, -0.15) is 0 Å². The number of aromatic amines is 1. The molecule has 0 spiro atoms. The molecule has 0 bridgehead atoms. The van der Waals surface area contributed by atoms with Crippen LogP contribution in [0.4, 0.5) is 4.79 Å². The molecule has 1 aromatic heterocycles. The summed E-state index contributed by atoms with van der Waals surface area (Å²) in [6.45, 7) is 4.61. The Bertz CT molecular complexity index is 676. The average Bonchev–Trinajstić information content (AvgIpc) is 2.71. The lowest BCUT2D eigenvalue weighted by Gasteiger charge is -2.07. The highest BCUT2D eigenvalue weighted by atomic mass is 16.4. The number of carbonyl (C=O) groups is 2. The van der Waals surface area contributed by atoms with Gasteiger partial charge in [0.2, 0.25) is 0 Å². The first-order chi connectivity index (χ1) is 9.97. The summed E-state index contributed by atoms with van der Waals surface area (Å²) >= 11 is 0. The summed E-state index contributed by atoms with van der Waals surface area (Å²) in [5, 5.41) is 14.8. The van der Waals surface area contributed by atoms with Gasteiger partial charge in [0.1, 0.15) is 0 Å². The number of carboxylic acids is 1. The zero-order valence-corrected chi connectivity index (χ0v) is 12.1. The molecule has 2 amide bonds. The second kappa shape index (κ2) is 6.30. The molecule has 0 radical (unpaired) electrons. The second-order valence-electron chi connectivity index (χ2n) is 5.01. The molecule has 21 heavy (non-hydrogen) atoms. The molecule has 0 atom stereocenters. The number of aryl methyl sites for hydroxylation is 2. The van der Waals surface area contributed by atoms with E-state index >= 15 is 0 Å². The fraction of sp³-hybridized carbons (Fsp3) is 0.333. The van der Waals surface area contributed by atoms with Gasteiger partial charge in [-0.05, 0) is 37.1 Å². The number of aliphatic carboxylic acids is 1. The van der Waals surface area contributed by atoms with E-state index in [9.17, 15) is 9.59 Å². The molecule has 0 unspecified atom stereocenters. The number of hydrogen-bond donors (Lipinski definition) is 4. The van der Waals surface area contributed by atoms with Crippen molar-refractivity contribution in [2.45, 2.75) is 26.8 Å². The topological polar surface area (TPSA) is 94.2 Å². The summed E-state index contributed by atoms with van der Waals surface area (Å²) < 4.78 is 0. The van der Waals surface area contributed by atoms with Crippen LogP contribution in [0.1, 0.15) is 23.2 Å². The maximum Gasteiger partial charge on any atom is 0.315 e. The van der Waals surface area contributed by atoms with Gasteiger partial charge in [-0.15, -0.1) is 0 Å². The van der Waals surface area contributed by atoms with Crippen LogP contribution in [0, 0.1) is 13.8 Å². The lowest BCUT2D eigenvalue weighted by atomic mass is 10.1. The lowest BCUT2D eigenvalue weighted by molar-refractivity contribution is -0.136. The first-order valence-electron chi connectivity index (χ1n) is 6.78. The van der Waals surface area contributed by atoms with Gasteiger partial charge in [0.05, 0.1) is 6.42 Å². The molecule has 0 aliphatic heterocycles. The minimum Gasteiger partial charge on any atom is -0.481 e. The first kappa shape index (κ1) is 14.9. The number of urea groups is 1. The van der Waals surface area contributed by atoms with Crippen molar-refractivity contribution in [2.75, 3.05) is 6.54 Å². The molecule has 0 fully saturated rings. The van der Waals surface area contributed by atoms with E-state index < -0.39 is 5.97 Å². The van der Waals surface area contributed by atoms with Crippen LogP contribution in [-0.2, 0) is 11.3 Å². The van der Waals surface area contributed by atoms with E-state index in [1.807, 2.05) is 25.1 Å². The molecule has 6 heteroatoms. The number of rotatable bonds is 5. The van der Waals surface area contributed by atoms with Gasteiger partial charge in [-0.1, -0.05) is 6.07 Å². The molecule has 6 nitrogen and oxygen atoms in total. The van der Waals surface area contributed by atoms with Gasteiger partial charge in [0.25, 0.3) is 0 Å². The summed E-state index contributed by atoms with van der Waals surface area (Å²) in [5.41, 5.74) is 4.43. The van der Waals surface area contributed by atoms with Gasteiger partial charge < -0.3 is 20.7 Å². The molecule has 2 rings (SSSR count). The molecule has 0 aliphatic rings. The summed E-state index contributed by atoms with van der Waals surface area (Å²) in [7, 11) is 0. The van der Waals surface area contributed by atoms with Crippen molar-refractivity contribution in [1.82, 2.24) is 15.6 Å². The van der Waals surface area contributed by atoms with E-state index in [1.165, 1.54) is 5.56 Å². The van der Waals surface area contributed by atoms with E-state index in [1.54, 1.807) is 0 Å². The smallest absolute Gasteiger partial charge is 0.315 e. The van der Waals surface area contributed by atoms with E-state index in [4.69, 9.17) is 5.11 Å². The number of fused-ring (bicyclic) bond motifs is 1. The Morgan fingerprint density at radius 1 is 1.24 bits per heavy atom. The summed E-state index contributed by atoms with van der Waals surface area (Å²) in [5.74, 6) is -0.931. The Morgan fingerprint density at radius 3 is 2.71 bits per heavy atom. The molecule has 4 N–H and O–H groups in total. The largest absolute Gasteiger partial charge is 0.481 e. The van der Waals surface area contributed by atoms with Crippen molar-refractivity contribution in [3.63, 3.8) is 0 Å². The highest BCUT2D eigenvalue weighted by Crippen LogP contribution is 2.22. The van der Waals surface area contributed by atoms with Gasteiger partial charge in [0, 0.05) is 29.7 Å². The van der Waals surface area contributed by atoms with E-state index in [2.05, 4.69) is 22.5 Å². The zero-order valence-electron chi connectivity index (χ0n) is 12.1. The number of H-pyrrole nitrogens is 1. The monoisotopic (exact) mass is 289 g/mol. The quantitative estimate of drug-likeness (QED) is 0.678. The first-order valence-corrected chi connectivity index (χ1v) is 6.78. The maximum absolute atomic E-state index is 11.5. The molecule has 112 valence electrons. The second-order valence-corrected chi connectivity index (χ2v) is 5.01. The molecule has 0 saturated carbocycles. The predicted molar refractivity (Wildman–Crippen MR) is 80.3 cm³/mol. The van der Waals surface area contributed by atoms with E-state index in [-0.39, 0.29) is 19.0 Å². The van der Waals surface area contributed by atoms with E-state index in [0.717, 1.165) is 22.2 Å². The lowest BCUT2D eigenvalue weighted by Crippen LogP contribution is -2.36. The Kier molecular flexibility index (Phi) is 4.47.